The molecule has 4 aliphatic heterocycles. The second-order valence-corrected chi connectivity index (χ2v) is 29.6. The number of fused-ring (bicyclic) bond motifs is 3. The second-order valence-electron chi connectivity index (χ2n) is 29.6. The number of hydrogen-bond donors (Lipinski definition) is 7. The molecule has 0 aliphatic carbocycles. The summed E-state index contributed by atoms with van der Waals surface area (Å²) in [7, 11) is 0. The Kier molecular flexibility index (Phi) is 29.5. The molecular formula is C77H109ClN12O17. The first-order chi connectivity index (χ1) is 50.1. The van der Waals surface area contributed by atoms with E-state index in [4.69, 9.17) is 47.1 Å². The van der Waals surface area contributed by atoms with Gasteiger partial charge in [0, 0.05) is 72.3 Å². The number of rotatable bonds is 12. The van der Waals surface area contributed by atoms with E-state index in [2.05, 4.69) is 52.6 Å². The highest BCUT2D eigenvalue weighted by atomic mass is 35.5. The minimum absolute atomic E-state index is 0. The van der Waals surface area contributed by atoms with Crippen molar-refractivity contribution < 1.29 is 76.5 Å². The molecule has 4 fully saturated rings. The number of amides is 2. The summed E-state index contributed by atoms with van der Waals surface area (Å²) in [4.78, 5) is 81.7. The molecule has 0 spiro atoms. The zero-order valence-corrected chi connectivity index (χ0v) is 66.1. The number of aromatic amines is 3. The molecule has 0 bridgehead atoms. The second kappa shape index (κ2) is 37.1. The summed E-state index contributed by atoms with van der Waals surface area (Å²) in [6, 6.07) is 11.1. The summed E-state index contributed by atoms with van der Waals surface area (Å²) in [5.74, 6) is 2.01. The number of aliphatic hydroxyl groups is 3. The quantitative estimate of drug-likeness (QED) is 0.0441. The van der Waals surface area contributed by atoms with E-state index in [-0.39, 0.29) is 48.5 Å². The Labute approximate surface area is 629 Å². The number of imidazole rings is 3. The minimum Gasteiger partial charge on any atom is -0.465 e. The molecule has 586 valence electrons. The molecule has 5 atom stereocenters. The lowest BCUT2D eigenvalue weighted by Gasteiger charge is -2.31. The number of aryl methyl sites for hydroxylation is 6. The molecule has 2 amide bonds. The van der Waals surface area contributed by atoms with Gasteiger partial charge in [-0.2, -0.15) is 14.5 Å². The van der Waals surface area contributed by atoms with Crippen LogP contribution in [0.2, 0.25) is 0 Å². The van der Waals surface area contributed by atoms with E-state index in [0.29, 0.717) is 117 Å². The Balaban J connectivity index is 0.000000197. The number of nitrogens with one attached hydrogen (secondary N) is 4. The number of nitrogens with zero attached hydrogens (tertiary/aromatic N) is 8. The van der Waals surface area contributed by atoms with Gasteiger partial charge < -0.3 is 87.4 Å². The summed E-state index contributed by atoms with van der Waals surface area (Å²) in [5.41, 5.74) is 10.3. The predicted molar refractivity (Wildman–Crippen MR) is 408 cm³/mol. The number of hydrogen-bond acceptors (Lipinski definition) is 23. The molecule has 7 N–H and O–H groups in total. The predicted octanol–water partition coefficient (Wildman–Crippen LogP) is 14.5. The molecule has 4 aliphatic rings. The minimum atomic E-state index is -0.958. The number of halogens is 1. The van der Waals surface area contributed by atoms with Crippen LogP contribution >= 0.6 is 12.4 Å². The maximum Gasteiger partial charge on any atom is 0.423 e. The van der Waals surface area contributed by atoms with Crippen LogP contribution in [0.15, 0.2) is 54.8 Å². The fourth-order valence-electron chi connectivity index (χ4n) is 13.1. The van der Waals surface area contributed by atoms with Crippen molar-refractivity contribution in [3.05, 3.63) is 97.9 Å². The van der Waals surface area contributed by atoms with Crippen molar-refractivity contribution in [1.29, 1.82) is 0 Å². The van der Waals surface area contributed by atoms with Crippen molar-refractivity contribution in [3.8, 4) is 45.4 Å². The Bertz CT molecular complexity index is 4450. The largest absolute Gasteiger partial charge is 0.465 e. The van der Waals surface area contributed by atoms with Gasteiger partial charge in [-0.15, -0.1) is 12.4 Å². The van der Waals surface area contributed by atoms with Crippen LogP contribution in [0.1, 0.15) is 209 Å². The number of H-pyrrole nitrogens is 3. The van der Waals surface area contributed by atoms with E-state index in [9.17, 15) is 34.2 Å². The van der Waals surface area contributed by atoms with Crippen LogP contribution in [0.5, 0.6) is 12.0 Å². The van der Waals surface area contributed by atoms with Crippen LogP contribution in [0.4, 0.5) is 14.4 Å². The van der Waals surface area contributed by atoms with Crippen molar-refractivity contribution >= 4 is 70.1 Å². The first-order valence-electron chi connectivity index (χ1n) is 36.5. The van der Waals surface area contributed by atoms with Crippen LogP contribution in [0, 0.1) is 41.5 Å². The number of benzene rings is 3. The Morgan fingerprint density at radius 1 is 0.617 bits per heavy atom. The molecule has 107 heavy (non-hydrogen) atoms. The van der Waals surface area contributed by atoms with Crippen molar-refractivity contribution in [2.45, 2.75) is 230 Å². The number of aromatic nitrogens is 9. The van der Waals surface area contributed by atoms with Gasteiger partial charge in [-0.25, -0.2) is 19.2 Å². The van der Waals surface area contributed by atoms with Gasteiger partial charge in [-0.05, 0) is 243 Å². The van der Waals surface area contributed by atoms with E-state index in [0.717, 1.165) is 103 Å². The zero-order chi connectivity index (χ0) is 77.7. The summed E-state index contributed by atoms with van der Waals surface area (Å²) in [6.45, 7) is 40.2. The number of ether oxygens (including phenoxy) is 6. The third kappa shape index (κ3) is 21.8. The summed E-state index contributed by atoms with van der Waals surface area (Å²) >= 11 is 0. The molecule has 13 rings (SSSR count). The van der Waals surface area contributed by atoms with E-state index in [1.54, 1.807) is 63.5 Å². The van der Waals surface area contributed by atoms with Gasteiger partial charge in [0.15, 0.2) is 6.29 Å². The van der Waals surface area contributed by atoms with E-state index >= 15 is 0 Å². The first-order valence-corrected chi connectivity index (χ1v) is 36.5. The number of aldehydes is 1. The highest BCUT2D eigenvalue weighted by Crippen LogP contribution is 2.40. The first kappa shape index (κ1) is 85.1. The smallest absolute Gasteiger partial charge is 0.423 e. The standard InChI is InChI=1S/C24H32N4O5.C20H23N3O5.C17H20N4O3.C9H17NO2.C5H10O.C2H6O.ClH/c1-7-31-22-25-17-12-15(19-13(2)27-33-14(19)3)11-16(20(17)26-22)21(29)18-9-8-10-28(18)23(30)32-24(4,5)6;1-7-26-18-21-17-14(10-24)8-13(16-11(2)22-28-12(16)3)9-15(17)23(18)19(25)27-20(4,5)6;1-8-14(9(2)24-21-8)10-6-11(16(22)12-4-3-5-18-12)15-13(7-10)19-17(23)20-15;1-9(2,3)12-8(11)10-6-4-5-7-10;1-5-3-2-4-6-5;1-2-3;/h11-12,18,21,29H,7-10H2,1-6H3,(H,25,26);8-10H,7H2,1-6H3;6-7,12,16,18,22H,3-5H2,1-2H3,(H2,19,20,23);4-7H2,1-3H3;5H,2-4H2,1H3;3H,2H2,1H3;1H. The van der Waals surface area contributed by atoms with Crippen LogP contribution in [-0.4, -0.2) is 182 Å². The fraction of sp³-hybridized carbons (Fsp3) is 0.558. The zero-order valence-electron chi connectivity index (χ0n) is 65.3. The lowest BCUT2D eigenvalue weighted by molar-refractivity contribution is 0.00504. The molecule has 29 nitrogen and oxygen atoms in total. The van der Waals surface area contributed by atoms with E-state index in [1.807, 2.05) is 107 Å². The van der Waals surface area contributed by atoms with Gasteiger partial charge >= 0.3 is 30.0 Å². The highest BCUT2D eigenvalue weighted by molar-refractivity contribution is 6.01. The Hall–Kier alpha value is -9.13. The Morgan fingerprint density at radius 3 is 1.63 bits per heavy atom. The molecule has 9 aromatic rings. The van der Waals surface area contributed by atoms with Crippen molar-refractivity contribution in [1.82, 2.24) is 60.1 Å². The molecule has 4 saturated heterocycles. The van der Waals surface area contributed by atoms with Crippen LogP contribution in [0.3, 0.4) is 0 Å². The summed E-state index contributed by atoms with van der Waals surface area (Å²) in [5, 5.41) is 45.3. The van der Waals surface area contributed by atoms with E-state index < -0.39 is 41.6 Å². The molecule has 0 radical (unpaired) electrons. The maximum absolute atomic E-state index is 12.9. The highest BCUT2D eigenvalue weighted by Gasteiger charge is 2.39. The van der Waals surface area contributed by atoms with Crippen LogP contribution < -0.4 is 20.5 Å². The number of carbonyl (C=O) groups is 4. The average molecular weight is 1510 g/mol. The molecular weight excluding hydrogens is 1400 g/mol. The molecule has 30 heteroatoms. The molecule has 0 saturated carbocycles. The topological polar surface area (TPSA) is 376 Å². The fourth-order valence-corrected chi connectivity index (χ4v) is 13.1. The normalized spacial score (nSPS) is 16.9. The molecule has 5 unspecified atom stereocenters. The lowest BCUT2D eigenvalue weighted by Crippen LogP contribution is -2.42. The summed E-state index contributed by atoms with van der Waals surface area (Å²) < 4.78 is 49.7. The van der Waals surface area contributed by atoms with Crippen molar-refractivity contribution in [2.24, 2.45) is 0 Å². The monoisotopic (exact) mass is 1510 g/mol. The van der Waals surface area contributed by atoms with Gasteiger partial charge in [0.1, 0.15) is 45.7 Å². The average Bonchev–Trinajstić information content (AvgIpc) is 1.64. The van der Waals surface area contributed by atoms with E-state index in [1.165, 1.54) is 17.4 Å². The Morgan fingerprint density at radius 2 is 1.15 bits per heavy atom. The number of likely N-dealkylation sites (tertiary alicyclic amines) is 2. The van der Waals surface area contributed by atoms with Crippen molar-refractivity contribution in [2.75, 3.05) is 52.6 Å². The lowest BCUT2D eigenvalue weighted by atomic mass is 9.94. The SMILES string of the molecule is CC(C)(C)OC(=O)N1CCCC1.CC1CCCO1.CCO.CCOc1nc2c(C(O)C3CCCN3C(=O)OC(C)(C)C)cc(-c3c(C)noc3C)cc2[nH]1.CCOc1nc2c(C=O)cc(-c3c(C)noc3C)cc2n1C(=O)OC(C)(C)C.Cc1noc(C)c1-c1cc(C(O)C2CCCN2)c2[nH]c(=O)[nH]c2c1.Cl. The van der Waals surface area contributed by atoms with Gasteiger partial charge in [0.05, 0.1) is 76.1 Å². The number of aliphatic hydroxyl groups excluding tert-OH is 3. The summed E-state index contributed by atoms with van der Waals surface area (Å²) in [6.07, 6.45) is 6.54. The van der Waals surface area contributed by atoms with Gasteiger partial charge in [0.2, 0.25) is 0 Å². The van der Waals surface area contributed by atoms with Crippen molar-refractivity contribution in [3.63, 3.8) is 0 Å². The van der Waals surface area contributed by atoms with Gasteiger partial charge in [-0.3, -0.25) is 4.79 Å². The van der Waals surface area contributed by atoms with Gasteiger partial charge in [0.25, 0.3) is 6.01 Å². The third-order valence-electron chi connectivity index (χ3n) is 17.6. The third-order valence-corrected chi connectivity index (χ3v) is 17.6. The van der Waals surface area contributed by atoms with Crippen LogP contribution in [-0.2, 0) is 18.9 Å². The number of carbonyl (C=O) groups excluding carboxylic acids is 4. The molecule has 3 aromatic carbocycles. The molecule has 10 heterocycles. The maximum atomic E-state index is 12.9. The molecule has 6 aromatic heterocycles. The van der Waals surface area contributed by atoms with Crippen LogP contribution in [0.25, 0.3) is 66.5 Å². The van der Waals surface area contributed by atoms with Gasteiger partial charge in [-0.1, -0.05) is 15.5 Å².